The van der Waals surface area contributed by atoms with Crippen molar-refractivity contribution >= 4 is 11.9 Å². The number of ether oxygens (including phenoxy) is 1. The van der Waals surface area contributed by atoms with Crippen LogP contribution in [0.3, 0.4) is 0 Å². The van der Waals surface area contributed by atoms with Gasteiger partial charge in [0.15, 0.2) is 0 Å². The number of halogens is 2. The van der Waals surface area contributed by atoms with Gasteiger partial charge < -0.3 is 15.2 Å². The van der Waals surface area contributed by atoms with E-state index in [9.17, 15) is 23.5 Å². The van der Waals surface area contributed by atoms with E-state index in [0.717, 1.165) is 12.1 Å². The van der Waals surface area contributed by atoms with Crippen LogP contribution in [-0.2, 0) is 19.7 Å². The smallest absolute Gasteiger partial charge is 0.326 e. The zero-order chi connectivity index (χ0) is 17.7. The van der Waals surface area contributed by atoms with E-state index >= 15 is 0 Å². The SMILES string of the molecule is CCC[C@@H](NC(=O)C1(c2ccc(F)cc2F)CCOCC1)C(=O)O. The van der Waals surface area contributed by atoms with E-state index in [0.29, 0.717) is 6.42 Å². The fraction of sp³-hybridized carbons (Fsp3) is 0.529. The molecular weight excluding hydrogens is 320 g/mol. The van der Waals surface area contributed by atoms with Crippen LogP contribution in [0.2, 0.25) is 0 Å². The van der Waals surface area contributed by atoms with E-state index in [1.165, 1.54) is 6.07 Å². The molecule has 1 atom stereocenters. The van der Waals surface area contributed by atoms with Crippen LogP contribution in [0.25, 0.3) is 0 Å². The Hall–Kier alpha value is -2.02. The molecule has 2 N–H and O–H groups in total. The zero-order valence-electron chi connectivity index (χ0n) is 13.5. The maximum absolute atomic E-state index is 14.3. The van der Waals surface area contributed by atoms with Gasteiger partial charge in [-0.2, -0.15) is 0 Å². The lowest BCUT2D eigenvalue weighted by molar-refractivity contribution is -0.144. The van der Waals surface area contributed by atoms with Gasteiger partial charge >= 0.3 is 5.97 Å². The summed E-state index contributed by atoms with van der Waals surface area (Å²) in [5.41, 5.74) is -1.18. The van der Waals surface area contributed by atoms with Crippen LogP contribution in [0, 0.1) is 11.6 Å². The number of benzene rings is 1. The van der Waals surface area contributed by atoms with Crippen molar-refractivity contribution in [1.82, 2.24) is 5.32 Å². The number of hydrogen-bond donors (Lipinski definition) is 2. The molecule has 0 radical (unpaired) electrons. The van der Waals surface area contributed by atoms with Crippen molar-refractivity contribution in [2.45, 2.75) is 44.1 Å². The first-order valence-electron chi connectivity index (χ1n) is 7.98. The zero-order valence-corrected chi connectivity index (χ0v) is 13.5. The average Bonchev–Trinajstić information content (AvgIpc) is 2.54. The summed E-state index contributed by atoms with van der Waals surface area (Å²) < 4.78 is 32.8. The highest BCUT2D eigenvalue weighted by Gasteiger charge is 2.44. The summed E-state index contributed by atoms with van der Waals surface area (Å²) in [6.07, 6.45) is 1.28. The van der Waals surface area contributed by atoms with Crippen LogP contribution in [-0.4, -0.2) is 36.2 Å². The highest BCUT2D eigenvalue weighted by molar-refractivity contribution is 5.91. The Morgan fingerprint density at radius 3 is 2.54 bits per heavy atom. The van der Waals surface area contributed by atoms with Crippen LogP contribution in [0.4, 0.5) is 8.78 Å². The molecule has 132 valence electrons. The Balaban J connectivity index is 2.36. The first-order valence-corrected chi connectivity index (χ1v) is 7.98. The van der Waals surface area contributed by atoms with E-state index < -0.39 is 35.0 Å². The Kier molecular flexibility index (Phi) is 5.88. The van der Waals surface area contributed by atoms with E-state index in [1.807, 2.05) is 6.92 Å². The highest BCUT2D eigenvalue weighted by atomic mass is 19.1. The van der Waals surface area contributed by atoms with Gasteiger partial charge in [-0.05, 0) is 25.3 Å². The predicted octanol–water partition coefficient (Wildman–Crippen LogP) is 2.38. The van der Waals surface area contributed by atoms with Crippen molar-refractivity contribution < 1.29 is 28.2 Å². The van der Waals surface area contributed by atoms with Crippen LogP contribution in [0.15, 0.2) is 18.2 Å². The number of amides is 1. The Morgan fingerprint density at radius 1 is 1.33 bits per heavy atom. The van der Waals surface area contributed by atoms with Crippen LogP contribution in [0.1, 0.15) is 38.2 Å². The van der Waals surface area contributed by atoms with Crippen LogP contribution < -0.4 is 5.32 Å². The van der Waals surface area contributed by atoms with Gasteiger partial charge in [0, 0.05) is 24.8 Å². The largest absolute Gasteiger partial charge is 0.480 e. The molecule has 1 aromatic rings. The molecule has 1 aromatic carbocycles. The number of carbonyl (C=O) groups is 2. The molecule has 1 fully saturated rings. The average molecular weight is 341 g/mol. The number of aliphatic carboxylic acids is 1. The molecule has 1 saturated heterocycles. The number of hydrogen-bond acceptors (Lipinski definition) is 3. The summed E-state index contributed by atoms with van der Waals surface area (Å²) in [6.45, 7) is 2.30. The Labute approximate surface area is 139 Å². The quantitative estimate of drug-likeness (QED) is 0.833. The van der Waals surface area contributed by atoms with Crippen molar-refractivity contribution in [3.63, 3.8) is 0 Å². The third-order valence-electron chi connectivity index (χ3n) is 4.41. The standard InChI is InChI=1S/C17H21F2NO4/c1-2-3-14(15(21)22)20-16(23)17(6-8-24-9-7-17)12-5-4-11(18)10-13(12)19/h4-5,10,14H,2-3,6-9H2,1H3,(H,20,23)(H,21,22)/t14-/m1/s1. The summed E-state index contributed by atoms with van der Waals surface area (Å²) in [7, 11) is 0. The summed E-state index contributed by atoms with van der Waals surface area (Å²) >= 11 is 0. The van der Waals surface area contributed by atoms with Gasteiger partial charge in [0.1, 0.15) is 17.7 Å². The molecule has 2 rings (SSSR count). The molecule has 1 aliphatic heterocycles. The van der Waals surface area contributed by atoms with E-state index in [1.54, 1.807) is 0 Å². The minimum Gasteiger partial charge on any atom is -0.480 e. The number of nitrogens with one attached hydrogen (secondary N) is 1. The summed E-state index contributed by atoms with van der Waals surface area (Å²) in [5, 5.41) is 11.7. The lowest BCUT2D eigenvalue weighted by Crippen LogP contribution is -2.53. The summed E-state index contributed by atoms with van der Waals surface area (Å²) in [4.78, 5) is 24.2. The van der Waals surface area contributed by atoms with Gasteiger partial charge in [0.2, 0.25) is 5.91 Å². The second-order valence-electron chi connectivity index (χ2n) is 5.97. The molecule has 0 saturated carbocycles. The topological polar surface area (TPSA) is 75.6 Å². The minimum atomic E-state index is -1.25. The lowest BCUT2D eigenvalue weighted by Gasteiger charge is -2.37. The molecule has 0 aliphatic carbocycles. The summed E-state index contributed by atoms with van der Waals surface area (Å²) in [5.74, 6) is -3.23. The van der Waals surface area contributed by atoms with Gasteiger partial charge in [0.25, 0.3) is 0 Å². The third-order valence-corrected chi connectivity index (χ3v) is 4.41. The fourth-order valence-corrected chi connectivity index (χ4v) is 3.06. The Bertz CT molecular complexity index is 615. The highest BCUT2D eigenvalue weighted by Crippen LogP contribution is 2.37. The van der Waals surface area contributed by atoms with Crippen molar-refractivity contribution in [2.75, 3.05) is 13.2 Å². The Morgan fingerprint density at radius 2 is 2.00 bits per heavy atom. The van der Waals surface area contributed by atoms with Gasteiger partial charge in [-0.15, -0.1) is 0 Å². The van der Waals surface area contributed by atoms with Crippen molar-refractivity contribution in [3.8, 4) is 0 Å². The molecule has 0 unspecified atom stereocenters. The molecule has 1 amide bonds. The predicted molar refractivity (Wildman–Crippen MR) is 82.6 cm³/mol. The number of carboxylic acid groups (broad SMARTS) is 1. The minimum absolute atomic E-state index is 0.0744. The van der Waals surface area contributed by atoms with Crippen molar-refractivity contribution in [2.24, 2.45) is 0 Å². The molecule has 1 aliphatic rings. The van der Waals surface area contributed by atoms with E-state index in [4.69, 9.17) is 4.74 Å². The van der Waals surface area contributed by atoms with Crippen molar-refractivity contribution in [1.29, 1.82) is 0 Å². The van der Waals surface area contributed by atoms with Gasteiger partial charge in [-0.3, -0.25) is 4.79 Å². The maximum Gasteiger partial charge on any atom is 0.326 e. The second kappa shape index (κ2) is 7.70. The molecule has 7 heteroatoms. The van der Waals surface area contributed by atoms with Crippen molar-refractivity contribution in [3.05, 3.63) is 35.4 Å². The molecule has 24 heavy (non-hydrogen) atoms. The van der Waals surface area contributed by atoms with Crippen LogP contribution >= 0.6 is 0 Å². The number of carbonyl (C=O) groups excluding carboxylic acids is 1. The molecule has 0 aromatic heterocycles. The number of rotatable bonds is 6. The number of carboxylic acids is 1. The van der Waals surface area contributed by atoms with E-state index in [-0.39, 0.29) is 38.0 Å². The summed E-state index contributed by atoms with van der Waals surface area (Å²) in [6, 6.07) is 2.06. The first kappa shape index (κ1) is 18.3. The van der Waals surface area contributed by atoms with Gasteiger partial charge in [-0.1, -0.05) is 19.4 Å². The first-order chi connectivity index (χ1) is 11.4. The maximum atomic E-state index is 14.3. The normalized spacial score (nSPS) is 18.0. The van der Waals surface area contributed by atoms with Crippen LogP contribution in [0.5, 0.6) is 0 Å². The molecule has 1 heterocycles. The third kappa shape index (κ3) is 3.72. The molecular formula is C17H21F2NO4. The molecule has 0 spiro atoms. The van der Waals surface area contributed by atoms with Gasteiger partial charge in [-0.25, -0.2) is 13.6 Å². The second-order valence-corrected chi connectivity index (χ2v) is 5.97. The van der Waals surface area contributed by atoms with E-state index in [2.05, 4.69) is 5.32 Å². The van der Waals surface area contributed by atoms with Gasteiger partial charge in [0.05, 0.1) is 5.41 Å². The fourth-order valence-electron chi connectivity index (χ4n) is 3.06. The monoisotopic (exact) mass is 341 g/mol. The molecule has 5 nitrogen and oxygen atoms in total. The molecule has 0 bridgehead atoms. The lowest BCUT2D eigenvalue weighted by atomic mass is 9.73.